The van der Waals surface area contributed by atoms with Crippen LogP contribution in [0.5, 0.6) is 5.75 Å². The molecule has 2 heterocycles. The predicted molar refractivity (Wildman–Crippen MR) is 114 cm³/mol. The summed E-state index contributed by atoms with van der Waals surface area (Å²) in [4.78, 5) is 17.0. The van der Waals surface area contributed by atoms with Crippen molar-refractivity contribution in [3.63, 3.8) is 0 Å². The average molecular weight is 404 g/mol. The fraction of sp³-hybridized carbons (Fsp3) is 0.174. The third kappa shape index (κ3) is 3.74. The fourth-order valence-electron chi connectivity index (χ4n) is 3.50. The van der Waals surface area contributed by atoms with Gasteiger partial charge in [-0.2, -0.15) is 5.10 Å². The highest BCUT2D eigenvalue weighted by Crippen LogP contribution is 2.31. The molecule has 0 fully saturated rings. The van der Waals surface area contributed by atoms with E-state index in [2.05, 4.69) is 15.4 Å². The Morgan fingerprint density at radius 2 is 1.90 bits per heavy atom. The fourth-order valence-corrected chi connectivity index (χ4v) is 3.50. The van der Waals surface area contributed by atoms with E-state index in [0.29, 0.717) is 16.9 Å². The second-order valence-electron chi connectivity index (χ2n) is 7.04. The molecule has 1 amide bonds. The average Bonchev–Trinajstić information content (AvgIpc) is 3.06. The van der Waals surface area contributed by atoms with Gasteiger partial charge < -0.3 is 10.1 Å². The van der Waals surface area contributed by atoms with E-state index in [9.17, 15) is 9.18 Å². The van der Waals surface area contributed by atoms with E-state index >= 15 is 0 Å². The molecule has 2 aromatic heterocycles. The number of benzene rings is 2. The number of ether oxygens (including phenoxy) is 1. The molecular formula is C23H21FN4O2. The Hall–Kier alpha value is -3.74. The van der Waals surface area contributed by atoms with Crippen LogP contribution in [0.2, 0.25) is 0 Å². The number of fused-ring (bicyclic) bond motifs is 1. The Kier molecular flexibility index (Phi) is 5.18. The maximum atomic E-state index is 13.3. The molecule has 4 aromatic rings. The predicted octanol–water partition coefficient (Wildman–Crippen LogP) is 4.50. The van der Waals surface area contributed by atoms with E-state index in [0.717, 1.165) is 28.0 Å². The Morgan fingerprint density at radius 1 is 1.13 bits per heavy atom. The Labute approximate surface area is 173 Å². The number of carbonyl (C=O) groups is 1. The van der Waals surface area contributed by atoms with Gasteiger partial charge in [0.1, 0.15) is 18.1 Å². The SMILES string of the molecule is COc1ccc(-c2ccnc3c2c(C)nn3CC(=O)Nc2ccc(F)cc2C)cc1. The first-order valence-corrected chi connectivity index (χ1v) is 9.49. The number of hydrogen-bond donors (Lipinski definition) is 1. The number of nitrogens with zero attached hydrogens (tertiary/aromatic N) is 3. The van der Waals surface area contributed by atoms with Gasteiger partial charge in [-0.1, -0.05) is 12.1 Å². The van der Waals surface area contributed by atoms with Crippen molar-refractivity contribution in [3.05, 3.63) is 71.8 Å². The second kappa shape index (κ2) is 7.94. The monoisotopic (exact) mass is 404 g/mol. The minimum Gasteiger partial charge on any atom is -0.497 e. The van der Waals surface area contributed by atoms with Crippen molar-refractivity contribution < 1.29 is 13.9 Å². The van der Waals surface area contributed by atoms with Crippen LogP contribution >= 0.6 is 0 Å². The molecule has 0 bridgehead atoms. The van der Waals surface area contributed by atoms with Gasteiger partial charge in [-0.25, -0.2) is 14.1 Å². The number of aromatic nitrogens is 3. The number of methoxy groups -OCH3 is 1. The second-order valence-corrected chi connectivity index (χ2v) is 7.04. The van der Waals surface area contributed by atoms with Gasteiger partial charge in [0, 0.05) is 17.3 Å². The quantitative estimate of drug-likeness (QED) is 0.532. The van der Waals surface area contributed by atoms with Gasteiger partial charge in [-0.3, -0.25) is 4.79 Å². The number of rotatable bonds is 5. The molecular weight excluding hydrogens is 383 g/mol. The van der Waals surface area contributed by atoms with Crippen molar-refractivity contribution in [1.29, 1.82) is 0 Å². The molecule has 0 saturated carbocycles. The van der Waals surface area contributed by atoms with Crippen molar-refractivity contribution in [2.24, 2.45) is 0 Å². The van der Waals surface area contributed by atoms with Crippen LogP contribution in [0.15, 0.2) is 54.7 Å². The van der Waals surface area contributed by atoms with Gasteiger partial charge in [0.05, 0.1) is 12.8 Å². The van der Waals surface area contributed by atoms with Crippen LogP contribution < -0.4 is 10.1 Å². The maximum Gasteiger partial charge on any atom is 0.246 e. The van der Waals surface area contributed by atoms with Crippen molar-refractivity contribution in [2.45, 2.75) is 20.4 Å². The molecule has 1 N–H and O–H groups in total. The summed E-state index contributed by atoms with van der Waals surface area (Å²) in [5.74, 6) is 0.185. The summed E-state index contributed by atoms with van der Waals surface area (Å²) in [6.07, 6.45) is 1.71. The van der Waals surface area contributed by atoms with Crippen molar-refractivity contribution in [1.82, 2.24) is 14.8 Å². The smallest absolute Gasteiger partial charge is 0.246 e. The number of aryl methyl sites for hydroxylation is 2. The normalized spacial score (nSPS) is 10.9. The molecule has 4 rings (SSSR count). The summed E-state index contributed by atoms with van der Waals surface area (Å²) in [5, 5.41) is 8.24. The molecule has 0 saturated heterocycles. The number of carbonyl (C=O) groups excluding carboxylic acids is 1. The van der Waals surface area contributed by atoms with E-state index in [1.165, 1.54) is 12.1 Å². The minimum absolute atomic E-state index is 0.000221. The standard InChI is InChI=1S/C23H21FN4O2/c1-14-12-17(24)6-9-20(14)26-21(29)13-28-23-22(15(2)27-28)19(10-11-25-23)16-4-7-18(30-3)8-5-16/h4-12H,13H2,1-3H3,(H,26,29). The zero-order valence-corrected chi connectivity index (χ0v) is 16.9. The molecule has 0 unspecified atom stereocenters. The molecule has 0 aliphatic heterocycles. The lowest BCUT2D eigenvalue weighted by Crippen LogP contribution is -2.20. The highest BCUT2D eigenvalue weighted by atomic mass is 19.1. The molecule has 0 aliphatic rings. The zero-order valence-electron chi connectivity index (χ0n) is 16.9. The molecule has 2 aromatic carbocycles. The van der Waals surface area contributed by atoms with E-state index in [1.807, 2.05) is 37.3 Å². The molecule has 30 heavy (non-hydrogen) atoms. The molecule has 0 spiro atoms. The number of hydrogen-bond acceptors (Lipinski definition) is 4. The summed E-state index contributed by atoms with van der Waals surface area (Å²) in [6, 6.07) is 14.0. The molecule has 0 atom stereocenters. The summed E-state index contributed by atoms with van der Waals surface area (Å²) in [5.41, 5.74) is 4.64. The van der Waals surface area contributed by atoms with Gasteiger partial charge in [0.2, 0.25) is 5.91 Å². The number of anilines is 1. The molecule has 0 radical (unpaired) electrons. The van der Waals surface area contributed by atoms with Gasteiger partial charge in [-0.15, -0.1) is 0 Å². The van der Waals surface area contributed by atoms with E-state index in [4.69, 9.17) is 4.74 Å². The molecule has 0 aliphatic carbocycles. The van der Waals surface area contributed by atoms with E-state index < -0.39 is 0 Å². The number of amides is 1. The summed E-state index contributed by atoms with van der Waals surface area (Å²) < 4.78 is 20.1. The van der Waals surface area contributed by atoms with Crippen LogP contribution in [-0.4, -0.2) is 27.8 Å². The van der Waals surface area contributed by atoms with Crippen molar-refractivity contribution >= 4 is 22.6 Å². The zero-order chi connectivity index (χ0) is 21.3. The number of halogens is 1. The summed E-state index contributed by atoms with van der Waals surface area (Å²) >= 11 is 0. The number of nitrogens with one attached hydrogen (secondary N) is 1. The van der Waals surface area contributed by atoms with Gasteiger partial charge in [0.15, 0.2) is 5.65 Å². The van der Waals surface area contributed by atoms with Crippen LogP contribution in [0, 0.1) is 19.7 Å². The largest absolute Gasteiger partial charge is 0.497 e. The molecule has 152 valence electrons. The van der Waals surface area contributed by atoms with Crippen molar-refractivity contribution in [3.8, 4) is 16.9 Å². The van der Waals surface area contributed by atoms with Crippen LogP contribution in [0.4, 0.5) is 10.1 Å². The lowest BCUT2D eigenvalue weighted by Gasteiger charge is -2.09. The lowest BCUT2D eigenvalue weighted by molar-refractivity contribution is -0.116. The van der Waals surface area contributed by atoms with E-state index in [-0.39, 0.29) is 18.3 Å². The number of pyridine rings is 1. The first kappa shape index (κ1) is 19.6. The maximum absolute atomic E-state index is 13.3. The van der Waals surface area contributed by atoms with Gasteiger partial charge in [0.25, 0.3) is 0 Å². The Morgan fingerprint density at radius 3 is 2.60 bits per heavy atom. The summed E-state index contributed by atoms with van der Waals surface area (Å²) in [7, 11) is 1.63. The summed E-state index contributed by atoms with van der Waals surface area (Å²) in [6.45, 7) is 3.64. The lowest BCUT2D eigenvalue weighted by atomic mass is 10.0. The Bertz CT molecular complexity index is 1230. The van der Waals surface area contributed by atoms with Crippen LogP contribution in [0.25, 0.3) is 22.2 Å². The highest BCUT2D eigenvalue weighted by Gasteiger charge is 2.16. The Balaban J connectivity index is 1.64. The first-order valence-electron chi connectivity index (χ1n) is 9.49. The van der Waals surface area contributed by atoms with Gasteiger partial charge >= 0.3 is 0 Å². The molecule has 7 heteroatoms. The first-order chi connectivity index (χ1) is 14.5. The third-order valence-electron chi connectivity index (χ3n) is 4.96. The van der Waals surface area contributed by atoms with E-state index in [1.54, 1.807) is 31.0 Å². The van der Waals surface area contributed by atoms with Crippen molar-refractivity contribution in [2.75, 3.05) is 12.4 Å². The highest BCUT2D eigenvalue weighted by molar-refractivity contribution is 5.96. The van der Waals surface area contributed by atoms with Crippen LogP contribution in [0.1, 0.15) is 11.3 Å². The molecule has 6 nitrogen and oxygen atoms in total. The third-order valence-corrected chi connectivity index (χ3v) is 4.96. The topological polar surface area (TPSA) is 69.0 Å². The van der Waals surface area contributed by atoms with Gasteiger partial charge in [-0.05, 0) is 66.9 Å². The van der Waals surface area contributed by atoms with Crippen LogP contribution in [-0.2, 0) is 11.3 Å². The minimum atomic E-state index is -0.338. The van der Waals surface area contributed by atoms with Crippen LogP contribution in [0.3, 0.4) is 0 Å².